The van der Waals surface area contributed by atoms with E-state index in [1.807, 2.05) is 13.8 Å². The van der Waals surface area contributed by atoms with Crippen molar-refractivity contribution in [2.45, 2.75) is 93.6 Å². The number of carbonyl (C=O) groups is 2. The second-order valence-electron chi connectivity index (χ2n) is 15.1. The number of amides is 2. The first kappa shape index (κ1) is 43.2. The average Bonchev–Trinajstić information content (AvgIpc) is 4.10. The van der Waals surface area contributed by atoms with Crippen LogP contribution in [0.3, 0.4) is 0 Å². The molecule has 4 aromatic rings. The molecule has 5 aliphatic heterocycles. The number of imidazole rings is 2. The number of carbonyl (C=O) groups excluding carboxylic acids is 2. The largest absolute Gasteiger partial charge is 0.447 e. The Morgan fingerprint density at radius 2 is 1.25 bits per heavy atom. The normalized spacial score (nSPS) is 30.2. The Bertz CT molecular complexity index is 2210. The van der Waals surface area contributed by atoms with Crippen LogP contribution >= 0.6 is 23.2 Å². The Morgan fingerprint density at radius 3 is 1.75 bits per heavy atom. The van der Waals surface area contributed by atoms with E-state index in [0.29, 0.717) is 60.4 Å². The molecular formula is C35H46Cl2N12O12. The fourth-order valence-corrected chi connectivity index (χ4v) is 7.94. The highest BCUT2D eigenvalue weighted by molar-refractivity contribution is 6.29. The predicted molar refractivity (Wildman–Crippen MR) is 211 cm³/mol. The zero-order chi connectivity index (χ0) is 43.0. The highest BCUT2D eigenvalue weighted by Gasteiger charge is 2.56. The van der Waals surface area contributed by atoms with Crippen molar-refractivity contribution in [1.82, 2.24) is 49.7 Å². The number of ether oxygens (including phenoxy) is 8. The first-order valence-corrected chi connectivity index (χ1v) is 20.3. The minimum Gasteiger partial charge on any atom is -0.447 e. The van der Waals surface area contributed by atoms with Crippen LogP contribution < -0.4 is 21.3 Å². The van der Waals surface area contributed by atoms with Gasteiger partial charge in [-0.05, 0) is 49.9 Å². The van der Waals surface area contributed by atoms with Crippen LogP contribution in [0, 0.1) is 0 Å². The van der Waals surface area contributed by atoms with Crippen LogP contribution in [0.5, 0.6) is 0 Å². The summed E-state index contributed by atoms with van der Waals surface area (Å²) in [5, 5.41) is 32.1. The Kier molecular flexibility index (Phi) is 12.8. The molecule has 2 amide bonds. The third-order valence-electron chi connectivity index (χ3n) is 10.5. The summed E-state index contributed by atoms with van der Waals surface area (Å²) in [6.07, 6.45) is -3.02. The molecule has 6 N–H and O–H groups in total. The van der Waals surface area contributed by atoms with E-state index < -0.39 is 67.1 Å². The summed E-state index contributed by atoms with van der Waals surface area (Å²) in [6, 6.07) is 0.204. The number of aliphatic hydroxyl groups excluding tert-OH is 2. The molecule has 10 atom stereocenters. The van der Waals surface area contributed by atoms with Gasteiger partial charge < -0.3 is 69.4 Å². The number of nitrogens with one attached hydrogen (secondary N) is 4. The average molecular weight is 898 g/mol. The molecule has 26 heteroatoms. The molecule has 5 saturated heterocycles. The number of aliphatic hydroxyl groups is 2. The molecule has 8 unspecified atom stereocenters. The van der Waals surface area contributed by atoms with E-state index >= 15 is 0 Å². The molecule has 5 aliphatic rings. The highest BCUT2D eigenvalue weighted by Crippen LogP contribution is 2.44. The van der Waals surface area contributed by atoms with Crippen LogP contribution in [-0.4, -0.2) is 170 Å². The van der Waals surface area contributed by atoms with Crippen molar-refractivity contribution in [2.24, 2.45) is 0 Å². The molecule has 0 aliphatic carbocycles. The predicted octanol–water partition coefficient (Wildman–Crippen LogP) is 1.11. The van der Waals surface area contributed by atoms with Crippen molar-refractivity contribution in [1.29, 1.82) is 0 Å². The molecule has 0 aromatic carbocycles. The van der Waals surface area contributed by atoms with E-state index in [1.54, 1.807) is 10.9 Å². The van der Waals surface area contributed by atoms with Crippen LogP contribution in [0.1, 0.15) is 39.1 Å². The molecule has 9 heterocycles. The molecule has 61 heavy (non-hydrogen) atoms. The van der Waals surface area contributed by atoms with Gasteiger partial charge in [0.2, 0.25) is 10.6 Å². The maximum atomic E-state index is 11.6. The number of nitrogens with zero attached hydrogens (tertiary/aromatic N) is 8. The van der Waals surface area contributed by atoms with E-state index in [2.05, 4.69) is 51.2 Å². The van der Waals surface area contributed by atoms with Crippen LogP contribution in [0.25, 0.3) is 22.3 Å². The lowest BCUT2D eigenvalue weighted by atomic mass is 10.1. The number of hydrogen-bond acceptors (Lipinski definition) is 20. The number of hydrogen-bond donors (Lipinski definition) is 6. The summed E-state index contributed by atoms with van der Waals surface area (Å²) in [7, 11) is 2.91. The molecule has 4 aromatic heterocycles. The van der Waals surface area contributed by atoms with Crippen LogP contribution in [0.2, 0.25) is 10.6 Å². The lowest BCUT2D eigenvalue weighted by Crippen LogP contribution is -2.35. The van der Waals surface area contributed by atoms with E-state index in [1.165, 1.54) is 25.0 Å². The Labute approximate surface area is 357 Å². The minimum atomic E-state index is -1.29. The quantitative estimate of drug-likeness (QED) is 0.122. The maximum Gasteiger partial charge on any atom is 0.406 e. The standard InChI is InChI=1S/C19H25ClN6O6.C16H21ClN6O6/c1-19(2)31-12-10(7-29-18(27)21-3)30-16(13(12)32-19)26-8-22-11-14(23-9-4-5-28-6-9)24-17(20)25-15(11)26;1-18-16(26)28-5-8-10(24)11(25)14(29-8)23-6-19-9-12(20-7-2-3-27-4-7)21-15(17)22-13(9)23/h8-10,12-13,16H,4-7H2,1-3H3,(H,21,27)(H,23,24,25);6-8,10-11,14,24-25H,2-5H2,1H3,(H,18,26)(H,20,21,22)/t9-,10?,12?,13?,16?;7-,8?,10?,11?,14?/m11/s1. The number of rotatable bonds is 10. The minimum absolute atomic E-state index is 0.00630. The molecule has 0 saturated carbocycles. The van der Waals surface area contributed by atoms with Crippen molar-refractivity contribution < 1.29 is 57.7 Å². The summed E-state index contributed by atoms with van der Waals surface area (Å²) in [6.45, 7) is 5.93. The third-order valence-corrected chi connectivity index (χ3v) is 10.8. The summed E-state index contributed by atoms with van der Waals surface area (Å²) < 4.78 is 48.2. The van der Waals surface area contributed by atoms with Crippen molar-refractivity contribution in [2.75, 3.05) is 64.4 Å². The van der Waals surface area contributed by atoms with E-state index in [4.69, 9.17) is 61.1 Å². The zero-order valence-electron chi connectivity index (χ0n) is 33.4. The first-order valence-electron chi connectivity index (χ1n) is 19.5. The smallest absolute Gasteiger partial charge is 0.406 e. The number of fused-ring (bicyclic) bond motifs is 3. The molecule has 0 radical (unpaired) electrons. The van der Waals surface area contributed by atoms with E-state index in [9.17, 15) is 19.8 Å². The highest BCUT2D eigenvalue weighted by atomic mass is 35.5. The van der Waals surface area contributed by atoms with Gasteiger partial charge in [-0.3, -0.25) is 9.13 Å². The van der Waals surface area contributed by atoms with Crippen molar-refractivity contribution in [3.05, 3.63) is 23.2 Å². The van der Waals surface area contributed by atoms with Crippen molar-refractivity contribution in [3.8, 4) is 0 Å². The van der Waals surface area contributed by atoms with Gasteiger partial charge in [0.1, 0.15) is 49.8 Å². The second kappa shape index (κ2) is 18.1. The lowest BCUT2D eigenvalue weighted by molar-refractivity contribution is -0.199. The molecular weight excluding hydrogens is 851 g/mol. The van der Waals surface area contributed by atoms with Gasteiger partial charge in [-0.15, -0.1) is 0 Å². The summed E-state index contributed by atoms with van der Waals surface area (Å²) in [4.78, 5) is 48.8. The molecule has 5 fully saturated rings. The Morgan fingerprint density at radius 1 is 0.754 bits per heavy atom. The van der Waals surface area contributed by atoms with Gasteiger partial charge in [0, 0.05) is 27.3 Å². The van der Waals surface area contributed by atoms with Gasteiger partial charge in [0.15, 0.2) is 52.2 Å². The van der Waals surface area contributed by atoms with Crippen LogP contribution in [0.15, 0.2) is 12.7 Å². The summed E-state index contributed by atoms with van der Waals surface area (Å²) in [5.41, 5.74) is 1.83. The van der Waals surface area contributed by atoms with Crippen molar-refractivity contribution >= 4 is 69.4 Å². The third kappa shape index (κ3) is 9.19. The SMILES string of the molecule is CNC(=O)OCC1OC(n2cnc3c(N[C@@H]4CCOC4)nc(Cl)nc32)C(O)C1O.CNC(=O)OCC1OC(n2cnc3c(N[C@@H]4CCOC4)nc(Cl)nc32)C2OC(C)(C)OC12. The lowest BCUT2D eigenvalue weighted by Gasteiger charge is -2.24. The Hall–Kier alpha value is -4.50. The maximum absolute atomic E-state index is 11.6. The second-order valence-corrected chi connectivity index (χ2v) is 15.8. The molecule has 332 valence electrons. The number of halogens is 2. The fourth-order valence-electron chi connectivity index (χ4n) is 7.61. The molecule has 0 bridgehead atoms. The fraction of sp³-hybridized carbons (Fsp3) is 0.657. The van der Waals surface area contributed by atoms with E-state index in [0.717, 1.165) is 12.8 Å². The molecule has 24 nitrogen and oxygen atoms in total. The van der Waals surface area contributed by atoms with Gasteiger partial charge in [-0.25, -0.2) is 19.6 Å². The van der Waals surface area contributed by atoms with Crippen LogP contribution in [0.4, 0.5) is 21.2 Å². The van der Waals surface area contributed by atoms with E-state index in [-0.39, 0.29) is 35.9 Å². The Balaban J connectivity index is 0.000000169. The first-order chi connectivity index (χ1) is 29.3. The summed E-state index contributed by atoms with van der Waals surface area (Å²) in [5.74, 6) is 0.162. The van der Waals surface area contributed by atoms with Gasteiger partial charge >= 0.3 is 12.2 Å². The van der Waals surface area contributed by atoms with Gasteiger partial charge in [-0.2, -0.15) is 19.9 Å². The van der Waals surface area contributed by atoms with Gasteiger partial charge in [0.05, 0.1) is 38.0 Å². The number of anilines is 2. The topological polar surface area (TPSA) is 284 Å². The summed E-state index contributed by atoms with van der Waals surface area (Å²) >= 11 is 12.3. The number of alkyl carbamates (subject to hydrolysis) is 2. The zero-order valence-corrected chi connectivity index (χ0v) is 34.9. The number of aromatic nitrogens is 8. The van der Waals surface area contributed by atoms with Crippen LogP contribution in [-0.2, 0) is 37.9 Å². The monoisotopic (exact) mass is 896 g/mol. The molecule has 0 spiro atoms. The van der Waals surface area contributed by atoms with Gasteiger partial charge in [-0.1, -0.05) is 0 Å². The van der Waals surface area contributed by atoms with Gasteiger partial charge in [0.25, 0.3) is 0 Å². The van der Waals surface area contributed by atoms with Crippen molar-refractivity contribution in [3.63, 3.8) is 0 Å². The molecule has 9 rings (SSSR count).